The largest absolute Gasteiger partial charge is 0.389 e. The highest BCUT2D eigenvalue weighted by atomic mass is 32.2. The van der Waals surface area contributed by atoms with Crippen molar-refractivity contribution in [3.63, 3.8) is 0 Å². The standard InChI is InChI=1S/C11H17N3O2S3/c1-2-13-5-7-14(8-6-13)19(15,16)10-4-3-9(18-10)11(12)17/h3-4H,2,5-8H2,1H3,(H2,12,17). The zero-order valence-electron chi connectivity index (χ0n) is 10.7. The molecule has 2 N–H and O–H groups in total. The van der Waals surface area contributed by atoms with Crippen molar-refractivity contribution in [3.8, 4) is 0 Å². The van der Waals surface area contributed by atoms with Crippen molar-refractivity contribution < 1.29 is 8.42 Å². The van der Waals surface area contributed by atoms with Gasteiger partial charge in [0.1, 0.15) is 9.20 Å². The summed E-state index contributed by atoms with van der Waals surface area (Å²) in [5.41, 5.74) is 5.51. The van der Waals surface area contributed by atoms with E-state index in [1.165, 1.54) is 4.31 Å². The van der Waals surface area contributed by atoms with E-state index in [0.717, 1.165) is 31.0 Å². The van der Waals surface area contributed by atoms with Gasteiger partial charge >= 0.3 is 0 Å². The van der Waals surface area contributed by atoms with E-state index in [1.807, 2.05) is 0 Å². The van der Waals surface area contributed by atoms with Gasteiger partial charge in [-0.05, 0) is 18.7 Å². The molecule has 2 rings (SSSR count). The maximum Gasteiger partial charge on any atom is 0.252 e. The molecule has 0 saturated carbocycles. The van der Waals surface area contributed by atoms with Gasteiger partial charge in [0, 0.05) is 26.2 Å². The van der Waals surface area contributed by atoms with Crippen LogP contribution in [0, 0.1) is 0 Å². The lowest BCUT2D eigenvalue weighted by molar-refractivity contribution is 0.196. The van der Waals surface area contributed by atoms with Gasteiger partial charge in [-0.2, -0.15) is 4.31 Å². The maximum atomic E-state index is 12.5. The van der Waals surface area contributed by atoms with Crippen LogP contribution in [0.5, 0.6) is 0 Å². The molecule has 0 aromatic carbocycles. The van der Waals surface area contributed by atoms with Crippen LogP contribution in [-0.4, -0.2) is 55.3 Å². The van der Waals surface area contributed by atoms with Gasteiger partial charge in [0.05, 0.1) is 4.88 Å². The number of nitrogens with two attached hydrogens (primary N) is 1. The third-order valence-electron chi connectivity index (χ3n) is 3.20. The minimum Gasteiger partial charge on any atom is -0.389 e. The maximum absolute atomic E-state index is 12.5. The van der Waals surface area contributed by atoms with Crippen molar-refractivity contribution in [2.75, 3.05) is 32.7 Å². The van der Waals surface area contributed by atoms with E-state index in [2.05, 4.69) is 11.8 Å². The van der Waals surface area contributed by atoms with Gasteiger partial charge in [0.25, 0.3) is 10.0 Å². The monoisotopic (exact) mass is 319 g/mol. The number of nitrogens with zero attached hydrogens (tertiary/aromatic N) is 2. The van der Waals surface area contributed by atoms with Gasteiger partial charge in [-0.25, -0.2) is 8.42 Å². The molecule has 1 aromatic rings. The topological polar surface area (TPSA) is 66.6 Å². The number of sulfonamides is 1. The minimum absolute atomic E-state index is 0.238. The van der Waals surface area contributed by atoms with Crippen LogP contribution in [0.15, 0.2) is 16.3 Å². The van der Waals surface area contributed by atoms with E-state index in [9.17, 15) is 8.42 Å². The Morgan fingerprint density at radius 1 is 1.37 bits per heavy atom. The molecule has 1 aromatic heterocycles. The van der Waals surface area contributed by atoms with Crippen LogP contribution in [0.2, 0.25) is 0 Å². The first-order chi connectivity index (χ1) is 8.95. The molecule has 1 aliphatic heterocycles. The van der Waals surface area contributed by atoms with Crippen molar-refractivity contribution in [3.05, 3.63) is 17.0 Å². The lowest BCUT2D eigenvalue weighted by atomic mass is 10.4. The summed E-state index contributed by atoms with van der Waals surface area (Å²) in [6.45, 7) is 5.68. The Bertz CT molecular complexity index is 559. The fraction of sp³-hybridized carbons (Fsp3) is 0.545. The Morgan fingerprint density at radius 2 is 2.00 bits per heavy atom. The third-order valence-corrected chi connectivity index (χ3v) is 7.03. The van der Waals surface area contributed by atoms with Crippen LogP contribution in [0.4, 0.5) is 0 Å². The molecule has 1 aliphatic rings. The average molecular weight is 319 g/mol. The molecule has 2 heterocycles. The van der Waals surface area contributed by atoms with Crippen LogP contribution in [0.1, 0.15) is 11.8 Å². The van der Waals surface area contributed by atoms with Crippen LogP contribution < -0.4 is 5.73 Å². The lowest BCUT2D eigenvalue weighted by Gasteiger charge is -2.32. The number of hydrogen-bond donors (Lipinski definition) is 1. The van der Waals surface area contributed by atoms with E-state index in [4.69, 9.17) is 18.0 Å². The van der Waals surface area contributed by atoms with Crippen molar-refractivity contribution in [2.45, 2.75) is 11.1 Å². The average Bonchev–Trinajstić information content (AvgIpc) is 2.89. The van der Waals surface area contributed by atoms with Gasteiger partial charge in [-0.3, -0.25) is 0 Å². The third kappa shape index (κ3) is 3.14. The summed E-state index contributed by atoms with van der Waals surface area (Å²) >= 11 is 6.00. The Labute approximate surface area is 123 Å². The summed E-state index contributed by atoms with van der Waals surface area (Å²) in [6.07, 6.45) is 0. The molecular formula is C11H17N3O2S3. The summed E-state index contributed by atoms with van der Waals surface area (Å²) < 4.78 is 26.8. The minimum atomic E-state index is -3.40. The number of thiophene rings is 1. The van der Waals surface area contributed by atoms with Gasteiger partial charge in [0.15, 0.2) is 0 Å². The van der Waals surface area contributed by atoms with Crippen LogP contribution >= 0.6 is 23.6 Å². The second kappa shape index (κ2) is 5.84. The molecule has 0 radical (unpaired) electrons. The number of hydrogen-bond acceptors (Lipinski definition) is 5. The number of rotatable bonds is 4. The quantitative estimate of drug-likeness (QED) is 0.828. The first-order valence-corrected chi connectivity index (χ1v) is 8.73. The number of piperazine rings is 1. The Hall–Kier alpha value is -0.540. The SMILES string of the molecule is CCN1CCN(S(=O)(=O)c2ccc(C(N)=S)s2)CC1. The zero-order valence-corrected chi connectivity index (χ0v) is 13.2. The van der Waals surface area contributed by atoms with Gasteiger partial charge in [-0.1, -0.05) is 19.1 Å². The number of likely N-dealkylation sites (N-methyl/N-ethyl adjacent to an activating group) is 1. The molecule has 0 amide bonds. The Kier molecular flexibility index (Phi) is 4.57. The van der Waals surface area contributed by atoms with E-state index < -0.39 is 10.0 Å². The molecule has 0 unspecified atom stereocenters. The predicted molar refractivity (Wildman–Crippen MR) is 81.1 cm³/mol. The van der Waals surface area contributed by atoms with E-state index >= 15 is 0 Å². The van der Waals surface area contributed by atoms with Gasteiger partial charge < -0.3 is 10.6 Å². The summed E-state index contributed by atoms with van der Waals surface area (Å²) in [6, 6.07) is 3.25. The molecule has 19 heavy (non-hydrogen) atoms. The van der Waals surface area contributed by atoms with Crippen LogP contribution in [-0.2, 0) is 10.0 Å². The summed E-state index contributed by atoms with van der Waals surface area (Å²) in [4.78, 5) is 3.11. The van der Waals surface area contributed by atoms with Crippen LogP contribution in [0.3, 0.4) is 0 Å². The summed E-state index contributed by atoms with van der Waals surface area (Å²) in [5, 5.41) is 0. The smallest absolute Gasteiger partial charge is 0.252 e. The molecule has 0 atom stereocenters. The molecule has 0 spiro atoms. The first-order valence-electron chi connectivity index (χ1n) is 6.07. The Balaban J connectivity index is 2.16. The normalized spacial score (nSPS) is 18.6. The summed E-state index contributed by atoms with van der Waals surface area (Å²) in [5.74, 6) is 0. The van der Waals surface area contributed by atoms with Crippen molar-refractivity contribution in [2.24, 2.45) is 5.73 Å². The van der Waals surface area contributed by atoms with E-state index in [-0.39, 0.29) is 4.99 Å². The zero-order chi connectivity index (χ0) is 14.0. The predicted octanol–water partition coefficient (Wildman–Crippen LogP) is 0.708. The highest BCUT2D eigenvalue weighted by molar-refractivity contribution is 7.91. The highest BCUT2D eigenvalue weighted by Gasteiger charge is 2.29. The number of thiocarbonyl (C=S) groups is 1. The molecule has 0 aliphatic carbocycles. The lowest BCUT2D eigenvalue weighted by Crippen LogP contribution is -2.48. The van der Waals surface area contributed by atoms with Crippen molar-refractivity contribution in [1.82, 2.24) is 9.21 Å². The molecule has 1 saturated heterocycles. The first kappa shape index (κ1) is 14.9. The van der Waals surface area contributed by atoms with E-state index in [1.54, 1.807) is 12.1 Å². The molecule has 106 valence electrons. The van der Waals surface area contributed by atoms with Crippen LogP contribution in [0.25, 0.3) is 0 Å². The molecule has 5 nitrogen and oxygen atoms in total. The molecule has 0 bridgehead atoms. The Morgan fingerprint density at radius 3 is 2.47 bits per heavy atom. The second-order valence-electron chi connectivity index (χ2n) is 4.32. The van der Waals surface area contributed by atoms with E-state index in [0.29, 0.717) is 22.2 Å². The molecular weight excluding hydrogens is 302 g/mol. The highest BCUT2D eigenvalue weighted by Crippen LogP contribution is 2.25. The fourth-order valence-corrected chi connectivity index (χ4v) is 4.93. The van der Waals surface area contributed by atoms with Crippen molar-refractivity contribution >= 4 is 38.6 Å². The molecule has 8 heteroatoms. The van der Waals surface area contributed by atoms with Gasteiger partial charge in [-0.15, -0.1) is 11.3 Å². The van der Waals surface area contributed by atoms with Gasteiger partial charge in [0.2, 0.25) is 0 Å². The van der Waals surface area contributed by atoms with Crippen molar-refractivity contribution in [1.29, 1.82) is 0 Å². The fourth-order valence-electron chi connectivity index (χ4n) is 2.00. The summed E-state index contributed by atoms with van der Waals surface area (Å²) in [7, 11) is -3.40. The second-order valence-corrected chi connectivity index (χ2v) is 8.01. The molecule has 1 fully saturated rings.